The maximum Gasteiger partial charge on any atom is 0.226 e. The first-order valence-electron chi connectivity index (χ1n) is 5.30. The van der Waals surface area contributed by atoms with E-state index < -0.39 is 0 Å². The van der Waals surface area contributed by atoms with Crippen molar-refractivity contribution in [3.8, 4) is 0 Å². The Morgan fingerprint density at radius 1 is 1.43 bits per heavy atom. The molecular weight excluding hydrogens is 178 g/mol. The fraction of sp³-hybridized carbons (Fsp3) is 0.800. The number of nitrogens with two attached hydrogens (primary N) is 1. The zero-order valence-corrected chi connectivity index (χ0v) is 8.99. The summed E-state index contributed by atoms with van der Waals surface area (Å²) < 4.78 is 5.13. The van der Waals surface area contributed by atoms with Crippen molar-refractivity contribution in [2.75, 3.05) is 6.54 Å². The van der Waals surface area contributed by atoms with Gasteiger partial charge in [0.05, 0.1) is 0 Å². The van der Waals surface area contributed by atoms with E-state index in [9.17, 15) is 0 Å². The molecule has 0 saturated carbocycles. The van der Waals surface area contributed by atoms with Crippen LogP contribution in [0, 0.1) is 0 Å². The van der Waals surface area contributed by atoms with Crippen molar-refractivity contribution < 1.29 is 4.52 Å². The van der Waals surface area contributed by atoms with E-state index >= 15 is 0 Å². The van der Waals surface area contributed by atoms with E-state index in [0.29, 0.717) is 5.92 Å². The Balaban J connectivity index is 2.42. The van der Waals surface area contributed by atoms with Crippen molar-refractivity contribution in [3.63, 3.8) is 0 Å². The minimum atomic E-state index is 0.391. The molecule has 4 nitrogen and oxygen atoms in total. The predicted octanol–water partition coefficient (Wildman–Crippen LogP) is 1.86. The summed E-state index contributed by atoms with van der Waals surface area (Å²) in [5.74, 6) is 1.96. The summed E-state index contributed by atoms with van der Waals surface area (Å²) >= 11 is 0. The maximum absolute atomic E-state index is 5.40. The van der Waals surface area contributed by atoms with Crippen molar-refractivity contribution in [1.29, 1.82) is 0 Å². The first kappa shape index (κ1) is 11.2. The topological polar surface area (TPSA) is 64.9 Å². The second kappa shape index (κ2) is 5.75. The number of nitrogens with zero attached hydrogens (tertiary/aromatic N) is 2. The highest BCUT2D eigenvalue weighted by molar-refractivity contribution is 4.92. The molecule has 2 N–H and O–H groups in total. The zero-order valence-electron chi connectivity index (χ0n) is 8.99. The molecule has 1 aromatic rings. The van der Waals surface area contributed by atoms with Gasteiger partial charge in [0.15, 0.2) is 5.82 Å². The van der Waals surface area contributed by atoms with Crippen LogP contribution < -0.4 is 5.73 Å². The third-order valence-corrected chi connectivity index (χ3v) is 2.38. The number of hydrogen-bond acceptors (Lipinski definition) is 4. The Bertz CT molecular complexity index is 260. The Labute approximate surface area is 84.9 Å². The van der Waals surface area contributed by atoms with Gasteiger partial charge in [-0.15, -0.1) is 0 Å². The highest BCUT2D eigenvalue weighted by atomic mass is 16.5. The molecule has 1 unspecified atom stereocenters. The van der Waals surface area contributed by atoms with Gasteiger partial charge in [0.25, 0.3) is 0 Å². The van der Waals surface area contributed by atoms with Gasteiger partial charge in [-0.1, -0.05) is 19.0 Å². The van der Waals surface area contributed by atoms with E-state index in [-0.39, 0.29) is 0 Å². The standard InChI is InChI=1S/C10H19N3O/c1-3-8(2)10-12-9(14-13-10)6-4-5-7-11/h8H,3-7,11H2,1-2H3. The molecule has 80 valence electrons. The molecule has 0 aliphatic rings. The minimum Gasteiger partial charge on any atom is -0.339 e. The van der Waals surface area contributed by atoms with Crippen molar-refractivity contribution in [2.45, 2.75) is 45.4 Å². The third kappa shape index (κ3) is 3.10. The molecule has 0 amide bonds. The molecule has 14 heavy (non-hydrogen) atoms. The normalized spacial score (nSPS) is 13.1. The average Bonchev–Trinajstić information content (AvgIpc) is 2.66. The lowest BCUT2D eigenvalue weighted by atomic mass is 10.1. The predicted molar refractivity (Wildman–Crippen MR) is 55.0 cm³/mol. The molecule has 1 heterocycles. The van der Waals surface area contributed by atoms with Gasteiger partial charge in [-0.2, -0.15) is 4.98 Å². The lowest BCUT2D eigenvalue weighted by Gasteiger charge is -1.98. The smallest absolute Gasteiger partial charge is 0.226 e. The summed E-state index contributed by atoms with van der Waals surface area (Å²) in [5, 5.41) is 3.95. The van der Waals surface area contributed by atoms with Crippen LogP contribution in [0.25, 0.3) is 0 Å². The van der Waals surface area contributed by atoms with Crippen molar-refractivity contribution >= 4 is 0 Å². The van der Waals surface area contributed by atoms with Gasteiger partial charge in [-0.3, -0.25) is 0 Å². The Hall–Kier alpha value is -0.900. The first-order chi connectivity index (χ1) is 6.77. The van der Waals surface area contributed by atoms with Gasteiger partial charge in [0, 0.05) is 12.3 Å². The molecular formula is C10H19N3O. The van der Waals surface area contributed by atoms with Crippen LogP contribution in [0.4, 0.5) is 0 Å². The van der Waals surface area contributed by atoms with Crippen LogP contribution in [0.15, 0.2) is 4.52 Å². The average molecular weight is 197 g/mol. The second-order valence-electron chi connectivity index (χ2n) is 3.60. The van der Waals surface area contributed by atoms with Crippen LogP contribution in [0.2, 0.25) is 0 Å². The van der Waals surface area contributed by atoms with E-state index in [0.717, 1.165) is 43.9 Å². The lowest BCUT2D eigenvalue weighted by Crippen LogP contribution is -1.99. The van der Waals surface area contributed by atoms with E-state index in [2.05, 4.69) is 24.0 Å². The first-order valence-corrected chi connectivity index (χ1v) is 5.30. The molecule has 0 aromatic carbocycles. The van der Waals surface area contributed by atoms with Crippen molar-refractivity contribution in [2.24, 2.45) is 5.73 Å². The quantitative estimate of drug-likeness (QED) is 0.707. The SMILES string of the molecule is CCC(C)c1noc(CCCCN)n1. The van der Waals surface area contributed by atoms with Gasteiger partial charge in [-0.05, 0) is 25.8 Å². The molecule has 1 aromatic heterocycles. The monoisotopic (exact) mass is 197 g/mol. The zero-order chi connectivity index (χ0) is 10.4. The van der Waals surface area contributed by atoms with Crippen LogP contribution >= 0.6 is 0 Å². The van der Waals surface area contributed by atoms with Gasteiger partial charge >= 0.3 is 0 Å². The number of aryl methyl sites for hydroxylation is 1. The molecule has 0 fully saturated rings. The van der Waals surface area contributed by atoms with Crippen molar-refractivity contribution in [3.05, 3.63) is 11.7 Å². The number of unbranched alkanes of at least 4 members (excludes halogenated alkanes) is 1. The summed E-state index contributed by atoms with van der Waals surface area (Å²) in [6, 6.07) is 0. The van der Waals surface area contributed by atoms with Gasteiger partial charge in [0.1, 0.15) is 0 Å². The summed E-state index contributed by atoms with van der Waals surface area (Å²) in [4.78, 5) is 4.33. The Morgan fingerprint density at radius 2 is 2.21 bits per heavy atom. The van der Waals surface area contributed by atoms with E-state index in [1.807, 2.05) is 0 Å². The molecule has 4 heteroatoms. The lowest BCUT2D eigenvalue weighted by molar-refractivity contribution is 0.366. The van der Waals surface area contributed by atoms with Crippen LogP contribution in [0.5, 0.6) is 0 Å². The fourth-order valence-corrected chi connectivity index (χ4v) is 1.17. The molecule has 1 atom stereocenters. The molecule has 0 spiro atoms. The summed E-state index contributed by atoms with van der Waals surface area (Å²) in [6.07, 6.45) is 3.93. The van der Waals surface area contributed by atoms with Crippen LogP contribution in [0.1, 0.15) is 50.7 Å². The van der Waals surface area contributed by atoms with Gasteiger partial charge in [0.2, 0.25) is 5.89 Å². The largest absolute Gasteiger partial charge is 0.339 e. The minimum absolute atomic E-state index is 0.391. The summed E-state index contributed by atoms with van der Waals surface area (Å²) in [6.45, 7) is 4.95. The van der Waals surface area contributed by atoms with Gasteiger partial charge in [-0.25, -0.2) is 0 Å². The second-order valence-corrected chi connectivity index (χ2v) is 3.60. The molecule has 1 rings (SSSR count). The third-order valence-electron chi connectivity index (χ3n) is 2.38. The van der Waals surface area contributed by atoms with Crippen LogP contribution in [-0.4, -0.2) is 16.7 Å². The summed E-state index contributed by atoms with van der Waals surface area (Å²) in [7, 11) is 0. The Kier molecular flexibility index (Phi) is 4.59. The van der Waals surface area contributed by atoms with E-state index in [1.54, 1.807) is 0 Å². The Morgan fingerprint density at radius 3 is 2.86 bits per heavy atom. The number of rotatable bonds is 6. The molecule has 0 saturated heterocycles. The van der Waals surface area contributed by atoms with Gasteiger partial charge < -0.3 is 10.3 Å². The van der Waals surface area contributed by atoms with Crippen LogP contribution in [0.3, 0.4) is 0 Å². The fourth-order valence-electron chi connectivity index (χ4n) is 1.17. The van der Waals surface area contributed by atoms with E-state index in [1.165, 1.54) is 0 Å². The molecule has 0 bridgehead atoms. The highest BCUT2D eigenvalue weighted by Crippen LogP contribution is 2.15. The van der Waals surface area contributed by atoms with Crippen molar-refractivity contribution in [1.82, 2.24) is 10.1 Å². The number of aromatic nitrogens is 2. The number of hydrogen-bond donors (Lipinski definition) is 1. The molecule has 0 radical (unpaired) electrons. The van der Waals surface area contributed by atoms with Crippen LogP contribution in [-0.2, 0) is 6.42 Å². The summed E-state index contributed by atoms with van der Waals surface area (Å²) in [5.41, 5.74) is 5.40. The molecule has 0 aliphatic heterocycles. The van der Waals surface area contributed by atoms with E-state index in [4.69, 9.17) is 10.3 Å². The highest BCUT2D eigenvalue weighted by Gasteiger charge is 2.11. The molecule has 0 aliphatic carbocycles. The maximum atomic E-state index is 5.40.